The van der Waals surface area contributed by atoms with E-state index in [1.807, 2.05) is 37.3 Å². The van der Waals surface area contributed by atoms with Gasteiger partial charge in [0.25, 0.3) is 0 Å². The summed E-state index contributed by atoms with van der Waals surface area (Å²) in [5, 5.41) is 0. The minimum absolute atomic E-state index is 0.156. The van der Waals surface area contributed by atoms with Crippen molar-refractivity contribution in [3.05, 3.63) is 35.9 Å². The van der Waals surface area contributed by atoms with Crippen LogP contribution in [0.15, 0.2) is 30.3 Å². The van der Waals surface area contributed by atoms with Crippen LogP contribution < -0.4 is 5.54 Å². The van der Waals surface area contributed by atoms with Crippen LogP contribution in [-0.4, -0.2) is 0 Å². The lowest BCUT2D eigenvalue weighted by Gasteiger charge is -2.10. The molecule has 1 aromatic carbocycles. The first-order valence-corrected chi connectivity index (χ1v) is 3.79. The molecule has 1 nitrogen and oxygen atoms in total. The van der Waals surface area contributed by atoms with Crippen LogP contribution in [0.4, 0.5) is 4.48 Å². The van der Waals surface area contributed by atoms with Crippen molar-refractivity contribution < 1.29 is 4.48 Å². The third-order valence-electron chi connectivity index (χ3n) is 1.74. The first-order chi connectivity index (χ1) is 5.38. The Bertz CT molecular complexity index is 194. The molecule has 1 atom stereocenters. The van der Waals surface area contributed by atoms with Gasteiger partial charge >= 0.3 is 0 Å². The first-order valence-electron chi connectivity index (χ1n) is 3.79. The fraction of sp³-hybridized carbons (Fsp3) is 0.333. The molecule has 1 unspecified atom stereocenters. The monoisotopic (exact) mass is 153 g/mol. The van der Waals surface area contributed by atoms with Crippen LogP contribution >= 0.6 is 0 Å². The van der Waals surface area contributed by atoms with Crippen LogP contribution in [-0.2, 0) is 0 Å². The lowest BCUT2D eigenvalue weighted by atomic mass is 10.1. The first kappa shape index (κ1) is 8.21. The molecule has 0 amide bonds. The smallest absolute Gasteiger partial charge is 0.0618 e. The normalized spacial score (nSPS) is 12.9. The second-order valence-electron chi connectivity index (χ2n) is 2.48. The summed E-state index contributed by atoms with van der Waals surface area (Å²) in [5.74, 6) is 0. The molecule has 11 heavy (non-hydrogen) atoms. The number of hydrogen-bond donors (Lipinski definition) is 1. The van der Waals surface area contributed by atoms with Crippen molar-refractivity contribution in [3.63, 3.8) is 0 Å². The van der Waals surface area contributed by atoms with Gasteiger partial charge in [0.15, 0.2) is 0 Å². The van der Waals surface area contributed by atoms with E-state index in [4.69, 9.17) is 0 Å². The maximum Gasteiger partial charge on any atom is 0.0618 e. The molecule has 0 spiro atoms. The van der Waals surface area contributed by atoms with Crippen LogP contribution in [0, 0.1) is 0 Å². The van der Waals surface area contributed by atoms with E-state index in [0.29, 0.717) is 0 Å². The van der Waals surface area contributed by atoms with Crippen molar-refractivity contribution in [2.75, 3.05) is 0 Å². The molecule has 0 aromatic heterocycles. The molecule has 1 aromatic rings. The second-order valence-corrected chi connectivity index (χ2v) is 2.48. The zero-order chi connectivity index (χ0) is 8.10. The molecule has 2 heteroatoms. The highest BCUT2D eigenvalue weighted by Gasteiger charge is 2.05. The average Bonchev–Trinajstić information content (AvgIpc) is 2.09. The number of hydrogen-bond acceptors (Lipinski definition) is 1. The summed E-state index contributed by atoms with van der Waals surface area (Å²) in [7, 11) is 0. The Morgan fingerprint density at radius 1 is 1.36 bits per heavy atom. The van der Waals surface area contributed by atoms with E-state index in [1.165, 1.54) is 0 Å². The predicted molar refractivity (Wildman–Crippen MR) is 43.7 cm³/mol. The van der Waals surface area contributed by atoms with E-state index in [1.54, 1.807) is 5.54 Å². The Morgan fingerprint density at radius 2 is 2.00 bits per heavy atom. The Labute approximate surface area is 66.2 Å². The largest absolute Gasteiger partial charge is 0.152 e. The van der Waals surface area contributed by atoms with Crippen molar-refractivity contribution >= 4 is 0 Å². The summed E-state index contributed by atoms with van der Waals surface area (Å²) in [6.07, 6.45) is 0.764. The third kappa shape index (κ3) is 2.02. The topological polar surface area (TPSA) is 12.0 Å². The highest BCUT2D eigenvalue weighted by atomic mass is 19.2. The number of benzene rings is 1. The van der Waals surface area contributed by atoms with E-state index in [-0.39, 0.29) is 6.04 Å². The van der Waals surface area contributed by atoms with Crippen LogP contribution in [0.3, 0.4) is 0 Å². The molecule has 0 aliphatic carbocycles. The Morgan fingerprint density at radius 3 is 2.45 bits per heavy atom. The summed E-state index contributed by atoms with van der Waals surface area (Å²) < 4.78 is 12.1. The van der Waals surface area contributed by atoms with E-state index in [2.05, 4.69) is 0 Å². The Hall–Kier alpha value is -0.890. The lowest BCUT2D eigenvalue weighted by molar-refractivity contribution is 0.268. The molecule has 0 saturated heterocycles. The Balaban J connectivity index is 2.74. The van der Waals surface area contributed by atoms with Gasteiger partial charge in [-0.3, -0.25) is 0 Å². The molecule has 1 rings (SSSR count). The predicted octanol–water partition coefficient (Wildman–Crippen LogP) is 2.61. The highest BCUT2D eigenvalue weighted by Crippen LogP contribution is 2.15. The molecular weight excluding hydrogens is 141 g/mol. The molecular formula is C9H12FN. The van der Waals surface area contributed by atoms with E-state index in [9.17, 15) is 4.48 Å². The van der Waals surface area contributed by atoms with E-state index >= 15 is 0 Å². The molecule has 0 aliphatic rings. The van der Waals surface area contributed by atoms with Gasteiger partial charge in [0, 0.05) is 0 Å². The van der Waals surface area contributed by atoms with Gasteiger partial charge in [0.2, 0.25) is 0 Å². The maximum absolute atomic E-state index is 12.1. The van der Waals surface area contributed by atoms with E-state index < -0.39 is 0 Å². The maximum atomic E-state index is 12.1. The minimum Gasteiger partial charge on any atom is -0.152 e. The zero-order valence-electron chi connectivity index (χ0n) is 6.55. The van der Waals surface area contributed by atoms with Crippen molar-refractivity contribution in [3.8, 4) is 0 Å². The van der Waals surface area contributed by atoms with Crippen LogP contribution in [0.2, 0.25) is 0 Å². The summed E-state index contributed by atoms with van der Waals surface area (Å²) >= 11 is 0. The van der Waals surface area contributed by atoms with Crippen LogP contribution in [0.5, 0.6) is 0 Å². The zero-order valence-corrected chi connectivity index (χ0v) is 6.55. The van der Waals surface area contributed by atoms with Gasteiger partial charge in [0.05, 0.1) is 6.04 Å². The van der Waals surface area contributed by atoms with Crippen molar-refractivity contribution in [2.24, 2.45) is 0 Å². The number of halogens is 1. The van der Waals surface area contributed by atoms with Crippen molar-refractivity contribution in [1.82, 2.24) is 5.54 Å². The van der Waals surface area contributed by atoms with Gasteiger partial charge < -0.3 is 0 Å². The van der Waals surface area contributed by atoms with Crippen LogP contribution in [0.1, 0.15) is 24.9 Å². The SMILES string of the molecule is CCC(NF)c1ccccc1. The van der Waals surface area contributed by atoms with Gasteiger partial charge in [-0.2, -0.15) is 5.54 Å². The third-order valence-corrected chi connectivity index (χ3v) is 1.74. The minimum atomic E-state index is -0.156. The van der Waals surface area contributed by atoms with Gasteiger partial charge in [-0.25, -0.2) is 0 Å². The summed E-state index contributed by atoms with van der Waals surface area (Å²) in [6, 6.07) is 9.43. The average molecular weight is 153 g/mol. The van der Waals surface area contributed by atoms with Gasteiger partial charge in [-0.05, 0) is 12.0 Å². The standard InChI is InChI=1S/C9H12FN/c1-2-9(11-10)8-6-4-3-5-7-8/h3-7,9,11H,2H2,1H3. The molecule has 0 fully saturated rings. The summed E-state index contributed by atoms with van der Waals surface area (Å²) in [6.45, 7) is 1.95. The molecule has 0 saturated carbocycles. The molecule has 0 heterocycles. The molecule has 1 N–H and O–H groups in total. The molecule has 0 bridgehead atoms. The lowest BCUT2D eigenvalue weighted by Crippen LogP contribution is -2.10. The highest BCUT2D eigenvalue weighted by molar-refractivity contribution is 5.18. The summed E-state index contributed by atoms with van der Waals surface area (Å²) in [5.41, 5.74) is 2.77. The quantitative estimate of drug-likeness (QED) is 0.658. The van der Waals surface area contributed by atoms with Gasteiger partial charge in [-0.15, -0.1) is 4.48 Å². The van der Waals surface area contributed by atoms with Crippen LogP contribution in [0.25, 0.3) is 0 Å². The number of nitrogens with one attached hydrogen (secondary N) is 1. The molecule has 0 radical (unpaired) electrons. The van der Waals surface area contributed by atoms with Crippen molar-refractivity contribution in [1.29, 1.82) is 0 Å². The fourth-order valence-electron chi connectivity index (χ4n) is 1.06. The van der Waals surface area contributed by atoms with Gasteiger partial charge in [-0.1, -0.05) is 37.3 Å². The van der Waals surface area contributed by atoms with Gasteiger partial charge in [0.1, 0.15) is 0 Å². The number of rotatable bonds is 3. The Kier molecular flexibility index (Phi) is 3.05. The molecule has 0 aliphatic heterocycles. The fourth-order valence-corrected chi connectivity index (χ4v) is 1.06. The molecule has 60 valence electrons. The van der Waals surface area contributed by atoms with Crippen molar-refractivity contribution in [2.45, 2.75) is 19.4 Å². The second kappa shape index (κ2) is 4.09. The van der Waals surface area contributed by atoms with E-state index in [0.717, 1.165) is 12.0 Å². The summed E-state index contributed by atoms with van der Waals surface area (Å²) in [4.78, 5) is 0.